The normalized spacial score (nSPS) is 15.0. The van der Waals surface area contributed by atoms with E-state index in [9.17, 15) is 4.79 Å². The summed E-state index contributed by atoms with van der Waals surface area (Å²) in [6.07, 6.45) is -3.40. The van der Waals surface area contributed by atoms with Crippen LogP contribution in [0.25, 0.3) is 0 Å². The van der Waals surface area contributed by atoms with Crippen LogP contribution in [0.15, 0.2) is 0 Å². The first kappa shape index (κ1) is 11.1. The van der Waals surface area contributed by atoms with Crippen LogP contribution in [-0.4, -0.2) is 42.0 Å². The molecule has 0 heterocycles. The van der Waals surface area contributed by atoms with E-state index >= 15 is 0 Å². The monoisotopic (exact) mass is 180 g/mol. The van der Waals surface area contributed by atoms with E-state index in [1.54, 1.807) is 0 Å². The molecule has 0 bridgehead atoms. The van der Waals surface area contributed by atoms with Crippen LogP contribution in [0.3, 0.4) is 0 Å². The smallest absolute Gasteiger partial charge is 0.413 e. The number of carbonyl (C=O) groups is 1. The number of aliphatic hydroxyl groups excluding tert-OH is 2. The fourth-order valence-electron chi connectivity index (χ4n) is 0.350. The van der Waals surface area contributed by atoms with Gasteiger partial charge in [0, 0.05) is 0 Å². The molecule has 0 aromatic carbocycles. The summed E-state index contributed by atoms with van der Waals surface area (Å²) < 4.78 is 8.50. The van der Waals surface area contributed by atoms with E-state index in [4.69, 9.17) is 21.7 Å². The van der Waals surface area contributed by atoms with Crippen LogP contribution >= 0.6 is 0 Å². The lowest BCUT2D eigenvalue weighted by Crippen LogP contribution is -2.36. The molecule has 0 radical (unpaired) electrons. The second kappa shape index (κ2) is 5.72. The number of hydrogen-bond acceptors (Lipinski definition) is 7. The zero-order valence-corrected chi connectivity index (χ0v) is 6.34. The molecule has 7 heteroatoms. The molecule has 0 aromatic rings. The third-order valence-corrected chi connectivity index (χ3v) is 0.855. The lowest BCUT2D eigenvalue weighted by molar-refractivity contribution is -0.0253. The van der Waals surface area contributed by atoms with E-state index in [-0.39, 0.29) is 0 Å². The Balaban J connectivity index is 3.59. The predicted molar refractivity (Wildman–Crippen MR) is 37.7 cm³/mol. The Morgan fingerprint density at radius 2 is 1.50 bits per heavy atom. The molecule has 7 nitrogen and oxygen atoms in total. The van der Waals surface area contributed by atoms with Crippen molar-refractivity contribution < 1.29 is 24.5 Å². The maximum atomic E-state index is 10.6. The average molecular weight is 180 g/mol. The average Bonchev–Trinajstić information content (AvgIpc) is 2.03. The van der Waals surface area contributed by atoms with Gasteiger partial charge in [-0.3, -0.25) is 11.5 Å². The summed E-state index contributed by atoms with van der Waals surface area (Å²) in [6.45, 7) is -1.02. The molecule has 0 aliphatic carbocycles. The first-order chi connectivity index (χ1) is 5.60. The van der Waals surface area contributed by atoms with Crippen molar-refractivity contribution in [1.82, 2.24) is 0 Å². The zero-order chi connectivity index (χ0) is 9.56. The van der Waals surface area contributed by atoms with Gasteiger partial charge in [0.15, 0.2) is 12.5 Å². The molecule has 0 aromatic heterocycles. The van der Waals surface area contributed by atoms with E-state index in [0.29, 0.717) is 0 Å². The molecule has 0 amide bonds. The second-order valence-corrected chi connectivity index (χ2v) is 1.93. The van der Waals surface area contributed by atoms with Crippen LogP contribution in [-0.2, 0) is 9.47 Å². The molecule has 6 N–H and O–H groups in total. The number of aliphatic hydroxyl groups is 2. The lowest BCUT2D eigenvalue weighted by atomic mass is 10.6. The van der Waals surface area contributed by atoms with Crippen LogP contribution in [0.1, 0.15) is 0 Å². The van der Waals surface area contributed by atoms with Crippen molar-refractivity contribution in [2.75, 3.05) is 13.2 Å². The Morgan fingerprint density at radius 3 is 1.75 bits per heavy atom. The van der Waals surface area contributed by atoms with Gasteiger partial charge >= 0.3 is 6.16 Å². The number of ether oxygens (including phenoxy) is 2. The summed E-state index contributed by atoms with van der Waals surface area (Å²) in [6, 6.07) is 0. The molecule has 0 aliphatic rings. The largest absolute Gasteiger partial charge is 0.511 e. The van der Waals surface area contributed by atoms with Crippen molar-refractivity contribution in [3.63, 3.8) is 0 Å². The van der Waals surface area contributed by atoms with E-state index < -0.39 is 31.8 Å². The van der Waals surface area contributed by atoms with Crippen molar-refractivity contribution in [3.05, 3.63) is 0 Å². The van der Waals surface area contributed by atoms with E-state index in [1.807, 2.05) is 0 Å². The van der Waals surface area contributed by atoms with Crippen LogP contribution in [0.2, 0.25) is 0 Å². The summed E-state index contributed by atoms with van der Waals surface area (Å²) >= 11 is 0. The Labute approximate surface area is 68.9 Å². The molecule has 12 heavy (non-hydrogen) atoms. The first-order valence-electron chi connectivity index (χ1n) is 3.20. The van der Waals surface area contributed by atoms with Gasteiger partial charge in [-0.25, -0.2) is 4.79 Å². The number of nitrogens with two attached hydrogens (primary N) is 2. The van der Waals surface area contributed by atoms with E-state index in [0.717, 1.165) is 0 Å². The highest BCUT2D eigenvalue weighted by Gasteiger charge is 2.13. The molecule has 0 rings (SSSR count). The Bertz CT molecular complexity index is 128. The van der Waals surface area contributed by atoms with Gasteiger partial charge in [0.05, 0.1) is 13.2 Å². The van der Waals surface area contributed by atoms with Crippen LogP contribution in [0.5, 0.6) is 0 Å². The van der Waals surface area contributed by atoms with Gasteiger partial charge < -0.3 is 19.7 Å². The molecule has 2 atom stereocenters. The number of rotatable bonds is 4. The SMILES string of the molecule is NC(CO)OC(=O)OC(N)CO. The minimum absolute atomic E-state index is 0.510. The minimum Gasteiger partial charge on any atom is -0.413 e. The van der Waals surface area contributed by atoms with Gasteiger partial charge in [-0.15, -0.1) is 0 Å². The fourth-order valence-corrected chi connectivity index (χ4v) is 0.350. The summed E-state index contributed by atoms with van der Waals surface area (Å²) in [5.41, 5.74) is 10.0. The second-order valence-electron chi connectivity index (χ2n) is 1.93. The Kier molecular flexibility index (Phi) is 5.30. The molecule has 2 unspecified atom stereocenters. The van der Waals surface area contributed by atoms with Crippen molar-refractivity contribution in [2.24, 2.45) is 11.5 Å². The summed E-state index contributed by atoms with van der Waals surface area (Å²) in [5.74, 6) is 0. The van der Waals surface area contributed by atoms with Gasteiger partial charge in [0.2, 0.25) is 0 Å². The Morgan fingerprint density at radius 1 is 1.17 bits per heavy atom. The zero-order valence-electron chi connectivity index (χ0n) is 6.34. The standard InChI is InChI=1S/C5H12N2O5/c6-3(1-8)11-5(10)12-4(7)2-9/h3-4,8-9H,1-2,6-7H2. The van der Waals surface area contributed by atoms with E-state index in [1.165, 1.54) is 0 Å². The quantitative estimate of drug-likeness (QED) is 0.282. The molecule has 72 valence electrons. The van der Waals surface area contributed by atoms with Gasteiger partial charge in [-0.05, 0) is 0 Å². The van der Waals surface area contributed by atoms with Gasteiger partial charge in [0.25, 0.3) is 0 Å². The van der Waals surface area contributed by atoms with Gasteiger partial charge in [0.1, 0.15) is 0 Å². The molecule has 0 spiro atoms. The van der Waals surface area contributed by atoms with Crippen molar-refractivity contribution in [3.8, 4) is 0 Å². The summed E-state index contributed by atoms with van der Waals surface area (Å²) in [4.78, 5) is 10.6. The third-order valence-electron chi connectivity index (χ3n) is 0.855. The maximum Gasteiger partial charge on any atom is 0.511 e. The van der Waals surface area contributed by atoms with Crippen molar-refractivity contribution >= 4 is 6.16 Å². The van der Waals surface area contributed by atoms with E-state index in [2.05, 4.69) is 9.47 Å². The lowest BCUT2D eigenvalue weighted by Gasteiger charge is -2.12. The van der Waals surface area contributed by atoms with Crippen molar-refractivity contribution in [1.29, 1.82) is 0 Å². The van der Waals surface area contributed by atoms with Crippen molar-refractivity contribution in [2.45, 2.75) is 12.5 Å². The highest BCUT2D eigenvalue weighted by molar-refractivity contribution is 5.60. The van der Waals surface area contributed by atoms with Crippen LogP contribution < -0.4 is 11.5 Å². The highest BCUT2D eigenvalue weighted by Crippen LogP contribution is 1.90. The third kappa shape index (κ3) is 4.85. The summed E-state index contributed by atoms with van der Waals surface area (Å²) in [5, 5.41) is 16.7. The fraction of sp³-hybridized carbons (Fsp3) is 0.800. The predicted octanol–water partition coefficient (Wildman–Crippen LogP) is -2.31. The molecule has 0 fully saturated rings. The first-order valence-corrected chi connectivity index (χ1v) is 3.20. The minimum atomic E-state index is -1.14. The highest BCUT2D eigenvalue weighted by atomic mass is 16.7. The van der Waals surface area contributed by atoms with Gasteiger partial charge in [-0.2, -0.15) is 0 Å². The molecule has 0 saturated carbocycles. The molecule has 0 aliphatic heterocycles. The Hall–Kier alpha value is -0.890. The van der Waals surface area contributed by atoms with Gasteiger partial charge in [-0.1, -0.05) is 0 Å². The molecular formula is C5H12N2O5. The number of carbonyl (C=O) groups excluding carboxylic acids is 1. The maximum absolute atomic E-state index is 10.6. The molecule has 0 saturated heterocycles. The van der Waals surface area contributed by atoms with Crippen LogP contribution in [0, 0.1) is 0 Å². The van der Waals surface area contributed by atoms with Crippen LogP contribution in [0.4, 0.5) is 4.79 Å². The summed E-state index contributed by atoms with van der Waals surface area (Å²) in [7, 11) is 0. The topological polar surface area (TPSA) is 128 Å². The number of hydrogen-bond donors (Lipinski definition) is 4. The molecular weight excluding hydrogens is 168 g/mol.